The lowest BCUT2D eigenvalue weighted by atomic mass is 10.1. The normalized spacial score (nSPS) is 10.0. The quantitative estimate of drug-likeness (QED) is 0.736. The van der Waals surface area contributed by atoms with Gasteiger partial charge in [-0.2, -0.15) is 5.26 Å². The lowest BCUT2D eigenvalue weighted by molar-refractivity contribution is 0.624. The minimum absolute atomic E-state index is 0.320. The largest absolute Gasteiger partial charge is 0.206 e. The monoisotopic (exact) mass is 289 g/mol. The van der Waals surface area contributed by atoms with Crippen LogP contribution in [0.2, 0.25) is 0 Å². The molecule has 0 amide bonds. The van der Waals surface area contributed by atoms with E-state index in [1.54, 1.807) is 30.3 Å². The number of hydrogen-bond donors (Lipinski definition) is 0. The fraction of sp³-hybridized carbons (Fsp3) is 0.150. The molecule has 0 aromatic heterocycles. The summed E-state index contributed by atoms with van der Waals surface area (Å²) in [6, 6.07) is 14.0. The Morgan fingerprint density at radius 1 is 1.05 bits per heavy atom. The zero-order chi connectivity index (χ0) is 15.8. The first-order valence-electron chi connectivity index (χ1n) is 7.21. The zero-order valence-electron chi connectivity index (χ0n) is 12.4. The second kappa shape index (κ2) is 7.81. The zero-order valence-corrected chi connectivity index (χ0v) is 12.4. The maximum atomic E-state index is 14.0. The van der Waals surface area contributed by atoms with E-state index < -0.39 is 0 Å². The molecule has 2 rings (SSSR count). The molecule has 0 N–H and O–H groups in total. The van der Waals surface area contributed by atoms with Crippen LogP contribution in [0.4, 0.5) is 4.39 Å². The van der Waals surface area contributed by atoms with Gasteiger partial charge in [-0.15, -0.1) is 0 Å². The predicted octanol–water partition coefficient (Wildman–Crippen LogP) is 4.91. The van der Waals surface area contributed by atoms with E-state index >= 15 is 0 Å². The number of unbranched alkanes of at least 4 members (excludes halogenated alkanes) is 1. The van der Waals surface area contributed by atoms with Crippen molar-refractivity contribution in [3.63, 3.8) is 0 Å². The first-order valence-corrected chi connectivity index (χ1v) is 7.21. The maximum Gasteiger partial charge on any atom is 0.139 e. The Bertz CT molecular complexity index is 768. The van der Waals surface area contributed by atoms with E-state index in [2.05, 4.69) is 18.8 Å². The van der Waals surface area contributed by atoms with Crippen LogP contribution in [0.5, 0.6) is 0 Å². The van der Waals surface area contributed by atoms with Crippen molar-refractivity contribution in [2.24, 2.45) is 0 Å². The van der Waals surface area contributed by atoms with E-state index in [0.29, 0.717) is 11.1 Å². The number of halogens is 1. The highest BCUT2D eigenvalue weighted by molar-refractivity contribution is 5.53. The van der Waals surface area contributed by atoms with E-state index in [1.807, 2.05) is 24.3 Å². The number of nitrogens with zero attached hydrogens (tertiary/aromatic N) is 1. The first-order chi connectivity index (χ1) is 10.7. The fourth-order valence-electron chi connectivity index (χ4n) is 1.89. The lowest BCUT2D eigenvalue weighted by Crippen LogP contribution is -1.85. The number of nitriles is 1. The summed E-state index contributed by atoms with van der Waals surface area (Å²) in [4.78, 5) is 0. The van der Waals surface area contributed by atoms with Gasteiger partial charge in [0.2, 0.25) is 0 Å². The highest BCUT2D eigenvalue weighted by Gasteiger charge is 1.99. The molecule has 0 aliphatic rings. The minimum atomic E-state index is -0.320. The van der Waals surface area contributed by atoms with Gasteiger partial charge in [0, 0.05) is 5.56 Å². The molecule has 0 bridgehead atoms. The van der Waals surface area contributed by atoms with Gasteiger partial charge in [0.15, 0.2) is 0 Å². The Balaban J connectivity index is 2.16. The highest BCUT2D eigenvalue weighted by atomic mass is 19.1. The SMILES string of the molecule is CCC/C=C/c1ccc(C#Cc2ccc(C#N)cc2)c(F)c1. The maximum absolute atomic E-state index is 14.0. The molecule has 2 heteroatoms. The van der Waals surface area contributed by atoms with Gasteiger partial charge in [0.25, 0.3) is 0 Å². The first kappa shape index (κ1) is 15.5. The third kappa shape index (κ3) is 4.33. The second-order valence-corrected chi connectivity index (χ2v) is 4.87. The van der Waals surface area contributed by atoms with Gasteiger partial charge in [-0.25, -0.2) is 4.39 Å². The molecular formula is C20H16FN. The van der Waals surface area contributed by atoms with Crippen LogP contribution in [-0.2, 0) is 0 Å². The molecule has 0 aliphatic heterocycles. The average Bonchev–Trinajstić information content (AvgIpc) is 2.55. The van der Waals surface area contributed by atoms with Crippen LogP contribution in [0.3, 0.4) is 0 Å². The Morgan fingerprint density at radius 2 is 1.77 bits per heavy atom. The van der Waals surface area contributed by atoms with Crippen LogP contribution in [0.15, 0.2) is 48.5 Å². The van der Waals surface area contributed by atoms with E-state index in [9.17, 15) is 4.39 Å². The van der Waals surface area contributed by atoms with Crippen LogP contribution in [0, 0.1) is 29.0 Å². The van der Waals surface area contributed by atoms with Gasteiger partial charge >= 0.3 is 0 Å². The Hall–Kier alpha value is -2.84. The van der Waals surface area contributed by atoms with Crippen LogP contribution >= 0.6 is 0 Å². The molecule has 0 saturated heterocycles. The van der Waals surface area contributed by atoms with E-state index in [0.717, 1.165) is 24.0 Å². The van der Waals surface area contributed by atoms with Crippen molar-refractivity contribution in [2.45, 2.75) is 19.8 Å². The van der Waals surface area contributed by atoms with E-state index in [1.165, 1.54) is 6.07 Å². The Morgan fingerprint density at radius 3 is 2.41 bits per heavy atom. The molecule has 22 heavy (non-hydrogen) atoms. The minimum Gasteiger partial charge on any atom is -0.206 e. The molecule has 2 aromatic carbocycles. The van der Waals surface area contributed by atoms with Gasteiger partial charge in [-0.1, -0.05) is 43.4 Å². The molecule has 0 aliphatic carbocycles. The lowest BCUT2D eigenvalue weighted by Gasteiger charge is -1.97. The van der Waals surface area contributed by atoms with Crippen molar-refractivity contribution in [3.05, 3.63) is 76.6 Å². The molecule has 2 aromatic rings. The van der Waals surface area contributed by atoms with Crippen molar-refractivity contribution in [1.82, 2.24) is 0 Å². The van der Waals surface area contributed by atoms with Crippen molar-refractivity contribution in [3.8, 4) is 17.9 Å². The summed E-state index contributed by atoms with van der Waals surface area (Å²) in [6.45, 7) is 2.10. The van der Waals surface area contributed by atoms with Gasteiger partial charge in [0.1, 0.15) is 5.82 Å². The van der Waals surface area contributed by atoms with Crippen LogP contribution in [0.25, 0.3) is 6.08 Å². The second-order valence-electron chi connectivity index (χ2n) is 4.87. The van der Waals surface area contributed by atoms with Gasteiger partial charge in [0.05, 0.1) is 17.2 Å². The molecule has 108 valence electrons. The third-order valence-electron chi connectivity index (χ3n) is 3.11. The summed E-state index contributed by atoms with van der Waals surface area (Å²) in [7, 11) is 0. The van der Waals surface area contributed by atoms with Crippen LogP contribution < -0.4 is 0 Å². The van der Waals surface area contributed by atoms with Crippen molar-refractivity contribution in [2.75, 3.05) is 0 Å². The topological polar surface area (TPSA) is 23.8 Å². The average molecular weight is 289 g/mol. The van der Waals surface area contributed by atoms with E-state index in [4.69, 9.17) is 5.26 Å². The van der Waals surface area contributed by atoms with Crippen molar-refractivity contribution < 1.29 is 4.39 Å². The summed E-state index contributed by atoms with van der Waals surface area (Å²) in [5, 5.41) is 8.73. The van der Waals surface area contributed by atoms with E-state index in [-0.39, 0.29) is 5.82 Å². The molecule has 0 heterocycles. The number of rotatable bonds is 3. The Kier molecular flexibility index (Phi) is 5.52. The summed E-state index contributed by atoms with van der Waals surface area (Å²) in [5.74, 6) is 5.42. The molecule has 0 saturated carbocycles. The summed E-state index contributed by atoms with van der Waals surface area (Å²) in [6.07, 6.45) is 6.02. The molecule has 0 radical (unpaired) electrons. The number of allylic oxidation sites excluding steroid dienone is 1. The molecule has 0 fully saturated rings. The van der Waals surface area contributed by atoms with Crippen LogP contribution in [0.1, 0.15) is 42.0 Å². The van der Waals surface area contributed by atoms with Gasteiger partial charge in [-0.3, -0.25) is 0 Å². The third-order valence-corrected chi connectivity index (χ3v) is 3.11. The van der Waals surface area contributed by atoms with Crippen molar-refractivity contribution in [1.29, 1.82) is 5.26 Å². The highest BCUT2D eigenvalue weighted by Crippen LogP contribution is 2.12. The van der Waals surface area contributed by atoms with Gasteiger partial charge in [-0.05, 0) is 48.4 Å². The molecule has 0 atom stereocenters. The molecule has 0 unspecified atom stereocenters. The Labute approximate surface area is 130 Å². The standard InChI is InChI=1S/C20H16FN/c1-2-3-4-5-17-11-13-19(20(21)14-17)12-10-16-6-8-18(15-22)9-7-16/h4-9,11,13-14H,2-3H2,1H3/b5-4+. The number of benzene rings is 2. The number of hydrogen-bond acceptors (Lipinski definition) is 1. The van der Waals surface area contributed by atoms with Crippen LogP contribution in [-0.4, -0.2) is 0 Å². The van der Waals surface area contributed by atoms with Gasteiger partial charge < -0.3 is 0 Å². The summed E-state index contributed by atoms with van der Waals surface area (Å²) in [5.41, 5.74) is 2.55. The van der Waals surface area contributed by atoms with Crippen molar-refractivity contribution >= 4 is 6.08 Å². The summed E-state index contributed by atoms with van der Waals surface area (Å²) < 4.78 is 14.0. The fourth-order valence-corrected chi connectivity index (χ4v) is 1.89. The summed E-state index contributed by atoms with van der Waals surface area (Å²) >= 11 is 0. The predicted molar refractivity (Wildman–Crippen MR) is 87.5 cm³/mol. The smallest absolute Gasteiger partial charge is 0.139 e. The molecule has 0 spiro atoms. The molecule has 1 nitrogen and oxygen atoms in total. The molecular weight excluding hydrogens is 273 g/mol.